The van der Waals surface area contributed by atoms with Gasteiger partial charge in [-0.3, -0.25) is 4.68 Å². The highest BCUT2D eigenvalue weighted by atomic mass is 15.3. The van der Waals surface area contributed by atoms with Crippen molar-refractivity contribution in [2.75, 3.05) is 0 Å². The third kappa shape index (κ3) is 2.61. The molecule has 2 atom stereocenters. The van der Waals surface area contributed by atoms with E-state index in [2.05, 4.69) is 93.8 Å². The second-order valence-corrected chi connectivity index (χ2v) is 11.3. The van der Waals surface area contributed by atoms with Gasteiger partial charge in [0.1, 0.15) is 0 Å². The number of hydrogen-bond acceptors (Lipinski definition) is 1. The van der Waals surface area contributed by atoms with Crippen LogP contribution in [-0.4, -0.2) is 9.78 Å². The van der Waals surface area contributed by atoms with E-state index in [1.807, 2.05) is 6.20 Å². The third-order valence-electron chi connectivity index (χ3n) is 8.46. The molecule has 2 rings (SSSR count). The first-order valence-electron chi connectivity index (χ1n) is 10.2. The van der Waals surface area contributed by atoms with Crippen molar-refractivity contribution in [2.45, 2.75) is 94.0 Å². The molecule has 25 heavy (non-hydrogen) atoms. The fourth-order valence-electron chi connectivity index (χ4n) is 6.27. The molecular formula is C23H42N2. The van der Waals surface area contributed by atoms with Crippen molar-refractivity contribution < 1.29 is 0 Å². The second kappa shape index (κ2) is 5.86. The standard InChI is InChI=1S/C23H42N2/c1-15(2)18-19(16(3)4)21(7,8)22(9,10)23(11,12)25-17(13-14-24-25)20(18,5)6/h13-16,18-19H,1-12H3. The van der Waals surface area contributed by atoms with E-state index in [1.165, 1.54) is 5.69 Å². The monoisotopic (exact) mass is 346 g/mol. The average molecular weight is 347 g/mol. The van der Waals surface area contributed by atoms with Gasteiger partial charge in [0.05, 0.1) is 5.54 Å². The predicted molar refractivity (Wildman–Crippen MR) is 109 cm³/mol. The van der Waals surface area contributed by atoms with Gasteiger partial charge >= 0.3 is 0 Å². The lowest BCUT2D eigenvalue weighted by molar-refractivity contribution is -0.120. The van der Waals surface area contributed by atoms with Crippen molar-refractivity contribution in [3.8, 4) is 0 Å². The van der Waals surface area contributed by atoms with Gasteiger partial charge in [0, 0.05) is 17.3 Å². The first-order chi connectivity index (χ1) is 11.1. The summed E-state index contributed by atoms with van der Waals surface area (Å²) < 4.78 is 2.35. The molecule has 2 unspecified atom stereocenters. The summed E-state index contributed by atoms with van der Waals surface area (Å²) in [4.78, 5) is 0. The molecule has 144 valence electrons. The Kier molecular flexibility index (Phi) is 4.81. The number of nitrogens with zero attached hydrogens (tertiary/aromatic N) is 2. The molecule has 1 aliphatic heterocycles. The van der Waals surface area contributed by atoms with Crippen molar-refractivity contribution >= 4 is 0 Å². The molecule has 0 saturated carbocycles. The highest BCUT2D eigenvalue weighted by Crippen LogP contribution is 2.62. The third-order valence-corrected chi connectivity index (χ3v) is 8.46. The lowest BCUT2D eigenvalue weighted by atomic mass is 9.45. The first-order valence-corrected chi connectivity index (χ1v) is 10.2. The maximum absolute atomic E-state index is 4.85. The van der Waals surface area contributed by atoms with Crippen LogP contribution in [0.5, 0.6) is 0 Å². The summed E-state index contributed by atoms with van der Waals surface area (Å²) in [7, 11) is 0. The van der Waals surface area contributed by atoms with Gasteiger partial charge < -0.3 is 0 Å². The molecule has 0 N–H and O–H groups in total. The molecule has 0 amide bonds. The summed E-state index contributed by atoms with van der Waals surface area (Å²) in [5.74, 6) is 2.52. The molecule has 0 bridgehead atoms. The zero-order chi connectivity index (χ0) is 19.6. The molecule has 1 aromatic rings. The fourth-order valence-corrected chi connectivity index (χ4v) is 6.27. The molecule has 2 nitrogen and oxygen atoms in total. The van der Waals surface area contributed by atoms with E-state index in [4.69, 9.17) is 5.10 Å². The Morgan fingerprint density at radius 1 is 0.840 bits per heavy atom. The van der Waals surface area contributed by atoms with Crippen LogP contribution in [0.2, 0.25) is 0 Å². The Labute approximate surface area is 156 Å². The molecule has 0 radical (unpaired) electrons. The molecule has 2 heterocycles. The summed E-state index contributed by atoms with van der Waals surface area (Å²) in [6, 6.07) is 2.27. The van der Waals surface area contributed by atoms with E-state index >= 15 is 0 Å². The lowest BCUT2D eigenvalue weighted by Crippen LogP contribution is -2.61. The molecule has 0 aliphatic carbocycles. The summed E-state index contributed by atoms with van der Waals surface area (Å²) >= 11 is 0. The Morgan fingerprint density at radius 2 is 1.32 bits per heavy atom. The molecule has 0 fully saturated rings. The maximum Gasteiger partial charge on any atom is 0.0630 e. The highest BCUT2D eigenvalue weighted by Gasteiger charge is 2.60. The van der Waals surface area contributed by atoms with E-state index in [-0.39, 0.29) is 21.8 Å². The van der Waals surface area contributed by atoms with Crippen LogP contribution >= 0.6 is 0 Å². The molecule has 1 aromatic heterocycles. The van der Waals surface area contributed by atoms with Crippen LogP contribution in [0.15, 0.2) is 12.3 Å². The van der Waals surface area contributed by atoms with E-state index in [9.17, 15) is 0 Å². The van der Waals surface area contributed by atoms with Crippen LogP contribution in [0.1, 0.15) is 88.8 Å². The minimum absolute atomic E-state index is 0.0539. The van der Waals surface area contributed by atoms with Crippen LogP contribution in [0.25, 0.3) is 0 Å². The first kappa shape index (κ1) is 20.5. The van der Waals surface area contributed by atoms with Crippen molar-refractivity contribution in [3.05, 3.63) is 18.0 Å². The fraction of sp³-hybridized carbons (Fsp3) is 0.870. The number of rotatable bonds is 2. The van der Waals surface area contributed by atoms with Gasteiger partial charge in [0.25, 0.3) is 0 Å². The van der Waals surface area contributed by atoms with Gasteiger partial charge in [0.2, 0.25) is 0 Å². The molecule has 0 saturated heterocycles. The Bertz CT molecular complexity index is 614. The molecule has 0 spiro atoms. The largest absolute Gasteiger partial charge is 0.263 e. The highest BCUT2D eigenvalue weighted by molar-refractivity contribution is 5.23. The minimum Gasteiger partial charge on any atom is -0.263 e. The zero-order valence-corrected chi connectivity index (χ0v) is 18.9. The van der Waals surface area contributed by atoms with Gasteiger partial charge in [-0.1, -0.05) is 69.2 Å². The van der Waals surface area contributed by atoms with Crippen molar-refractivity contribution in [3.63, 3.8) is 0 Å². The number of fused-ring (bicyclic) bond motifs is 1. The smallest absolute Gasteiger partial charge is 0.0630 e. The van der Waals surface area contributed by atoms with Crippen molar-refractivity contribution in [1.82, 2.24) is 9.78 Å². The summed E-state index contributed by atoms with van der Waals surface area (Å²) in [6.07, 6.45) is 2.01. The van der Waals surface area contributed by atoms with E-state index in [1.54, 1.807) is 0 Å². The van der Waals surface area contributed by atoms with Crippen LogP contribution in [0, 0.1) is 34.5 Å². The van der Waals surface area contributed by atoms with Crippen LogP contribution < -0.4 is 0 Å². The van der Waals surface area contributed by atoms with E-state index in [0.717, 1.165) is 0 Å². The lowest BCUT2D eigenvalue weighted by Gasteiger charge is -2.62. The summed E-state index contributed by atoms with van der Waals surface area (Å²) in [5, 5.41) is 4.85. The number of aromatic nitrogens is 2. The summed E-state index contributed by atoms with van der Waals surface area (Å²) in [5.41, 5.74) is 1.71. The van der Waals surface area contributed by atoms with Crippen LogP contribution in [0.3, 0.4) is 0 Å². The maximum atomic E-state index is 4.85. The molecular weight excluding hydrogens is 304 g/mol. The second-order valence-electron chi connectivity index (χ2n) is 11.3. The molecule has 1 aliphatic rings. The SMILES string of the molecule is CC(C)C1C(C(C)C)C(C)(C)C(C)(C)C(C)(C)n2nccc2C1(C)C. The predicted octanol–water partition coefficient (Wildman–Crippen LogP) is 6.51. The Balaban J connectivity index is 2.93. The molecule has 2 heteroatoms. The normalized spacial score (nSPS) is 30.0. The summed E-state index contributed by atoms with van der Waals surface area (Å²) in [6.45, 7) is 29.3. The Hall–Kier alpha value is -0.790. The van der Waals surface area contributed by atoms with Gasteiger partial charge in [-0.2, -0.15) is 5.10 Å². The average Bonchev–Trinajstić information content (AvgIpc) is 2.92. The van der Waals surface area contributed by atoms with Gasteiger partial charge in [-0.05, 0) is 54.4 Å². The van der Waals surface area contributed by atoms with E-state index in [0.29, 0.717) is 23.7 Å². The Morgan fingerprint density at radius 3 is 1.76 bits per heavy atom. The van der Waals surface area contributed by atoms with Gasteiger partial charge in [-0.25, -0.2) is 0 Å². The van der Waals surface area contributed by atoms with Crippen molar-refractivity contribution in [1.29, 1.82) is 0 Å². The van der Waals surface area contributed by atoms with Crippen LogP contribution in [-0.2, 0) is 11.0 Å². The van der Waals surface area contributed by atoms with Crippen LogP contribution in [0.4, 0.5) is 0 Å². The quantitative estimate of drug-likeness (QED) is 0.597. The number of hydrogen-bond donors (Lipinski definition) is 0. The van der Waals surface area contributed by atoms with Gasteiger partial charge in [-0.15, -0.1) is 0 Å². The van der Waals surface area contributed by atoms with Gasteiger partial charge in [0.15, 0.2) is 0 Å². The minimum atomic E-state index is -0.0539. The zero-order valence-electron chi connectivity index (χ0n) is 18.9. The van der Waals surface area contributed by atoms with Crippen molar-refractivity contribution in [2.24, 2.45) is 34.5 Å². The van der Waals surface area contributed by atoms with E-state index < -0.39 is 0 Å². The molecule has 0 aromatic carbocycles. The topological polar surface area (TPSA) is 17.8 Å².